The molecule has 0 spiro atoms. The molecule has 0 aromatic heterocycles. The molecule has 2 aromatic rings. The van der Waals surface area contributed by atoms with Crippen LogP contribution in [0.3, 0.4) is 0 Å². The van der Waals surface area contributed by atoms with Crippen molar-refractivity contribution >= 4 is 29.2 Å². The number of rotatable bonds is 7. The van der Waals surface area contributed by atoms with E-state index in [1.54, 1.807) is 19.1 Å². The Labute approximate surface area is 184 Å². The molecule has 10 heteroatoms. The summed E-state index contributed by atoms with van der Waals surface area (Å²) >= 11 is 0. The number of hydrogen-bond acceptors (Lipinski definition) is 4. The van der Waals surface area contributed by atoms with Gasteiger partial charge in [0.2, 0.25) is 11.8 Å². The van der Waals surface area contributed by atoms with Gasteiger partial charge in [0, 0.05) is 5.69 Å². The number of carbonyl (C=O) groups excluding carboxylic acids is 3. The van der Waals surface area contributed by atoms with Crippen LogP contribution in [0.15, 0.2) is 42.5 Å². The molecule has 0 aliphatic carbocycles. The fourth-order valence-electron chi connectivity index (χ4n) is 2.92. The summed E-state index contributed by atoms with van der Waals surface area (Å²) in [5.41, 5.74) is 1.08. The number of benzene rings is 2. The van der Waals surface area contributed by atoms with Gasteiger partial charge in [0.25, 0.3) is 0 Å². The van der Waals surface area contributed by atoms with Gasteiger partial charge in [0.05, 0.1) is 24.3 Å². The van der Waals surface area contributed by atoms with Crippen LogP contribution in [0.5, 0.6) is 0 Å². The molecule has 0 heterocycles. The first-order chi connectivity index (χ1) is 15.0. The number of likely N-dealkylation sites (N-methyl/N-ethyl adjacent to an activating group) is 1. The van der Waals surface area contributed by atoms with Crippen LogP contribution in [0.1, 0.15) is 23.6 Å². The zero-order valence-corrected chi connectivity index (χ0v) is 18.0. The summed E-state index contributed by atoms with van der Waals surface area (Å²) in [6.45, 7) is 5.06. The van der Waals surface area contributed by atoms with Crippen molar-refractivity contribution in [1.82, 2.24) is 10.2 Å². The number of hydrogen-bond donors (Lipinski definition) is 3. The lowest BCUT2D eigenvalue weighted by atomic mass is 10.1. The average Bonchev–Trinajstić information content (AvgIpc) is 2.70. The van der Waals surface area contributed by atoms with Crippen molar-refractivity contribution in [2.45, 2.75) is 26.9 Å². The third kappa shape index (κ3) is 7.09. The number of para-hydroxylation sites is 1. The van der Waals surface area contributed by atoms with Crippen LogP contribution in [-0.4, -0.2) is 42.4 Å². The number of alkyl halides is 3. The van der Waals surface area contributed by atoms with Crippen molar-refractivity contribution in [2.75, 3.05) is 30.3 Å². The maximum absolute atomic E-state index is 13.1. The van der Waals surface area contributed by atoms with E-state index in [0.29, 0.717) is 5.69 Å². The molecule has 2 aromatic carbocycles. The van der Waals surface area contributed by atoms with Crippen LogP contribution >= 0.6 is 0 Å². The van der Waals surface area contributed by atoms with Crippen LogP contribution < -0.4 is 16.0 Å². The Morgan fingerprint density at radius 2 is 1.50 bits per heavy atom. The van der Waals surface area contributed by atoms with Gasteiger partial charge in [-0.05, 0) is 49.7 Å². The van der Waals surface area contributed by atoms with Gasteiger partial charge >= 0.3 is 12.2 Å². The van der Waals surface area contributed by atoms with Gasteiger partial charge in [0.1, 0.15) is 0 Å². The molecule has 0 fully saturated rings. The molecule has 7 nitrogen and oxygen atoms in total. The number of nitrogens with zero attached hydrogens (tertiary/aromatic N) is 1. The molecule has 3 N–H and O–H groups in total. The summed E-state index contributed by atoms with van der Waals surface area (Å²) in [5.74, 6) is -1.37. The van der Waals surface area contributed by atoms with Crippen molar-refractivity contribution in [1.29, 1.82) is 0 Å². The first kappa shape index (κ1) is 24.9. The molecular formula is C22H25F3N4O3. The minimum absolute atomic E-state index is 0.264. The van der Waals surface area contributed by atoms with Crippen molar-refractivity contribution < 1.29 is 27.6 Å². The Bertz CT molecular complexity index is 993. The molecule has 0 radical (unpaired) electrons. The van der Waals surface area contributed by atoms with E-state index in [-0.39, 0.29) is 25.3 Å². The molecule has 2 rings (SSSR count). The number of halogens is 3. The van der Waals surface area contributed by atoms with Crippen molar-refractivity contribution in [3.8, 4) is 0 Å². The molecule has 0 aliphatic rings. The van der Waals surface area contributed by atoms with Gasteiger partial charge in [-0.3, -0.25) is 19.8 Å². The van der Waals surface area contributed by atoms with E-state index >= 15 is 0 Å². The summed E-state index contributed by atoms with van der Waals surface area (Å²) in [7, 11) is 0. The highest BCUT2D eigenvalue weighted by Gasteiger charge is 2.33. The number of imide groups is 1. The lowest BCUT2D eigenvalue weighted by molar-refractivity contribution is -0.137. The Morgan fingerprint density at radius 3 is 2.16 bits per heavy atom. The molecular weight excluding hydrogens is 425 g/mol. The topological polar surface area (TPSA) is 90.5 Å². The Hall–Kier alpha value is -3.40. The van der Waals surface area contributed by atoms with Gasteiger partial charge in [-0.1, -0.05) is 31.2 Å². The summed E-state index contributed by atoms with van der Waals surface area (Å²) in [4.78, 5) is 37.9. The van der Waals surface area contributed by atoms with Crippen LogP contribution in [0.25, 0.3) is 0 Å². The van der Waals surface area contributed by atoms with E-state index in [2.05, 4.69) is 16.0 Å². The van der Waals surface area contributed by atoms with E-state index in [1.807, 2.05) is 19.9 Å². The van der Waals surface area contributed by atoms with Gasteiger partial charge in [-0.25, -0.2) is 4.79 Å². The van der Waals surface area contributed by atoms with E-state index in [1.165, 1.54) is 17.0 Å². The predicted octanol–water partition coefficient (Wildman–Crippen LogP) is 3.93. The highest BCUT2D eigenvalue weighted by atomic mass is 19.4. The first-order valence-electron chi connectivity index (χ1n) is 9.86. The van der Waals surface area contributed by atoms with Crippen molar-refractivity contribution in [3.63, 3.8) is 0 Å². The van der Waals surface area contributed by atoms with Crippen molar-refractivity contribution in [2.24, 2.45) is 0 Å². The maximum atomic E-state index is 13.1. The van der Waals surface area contributed by atoms with Gasteiger partial charge in [-0.15, -0.1) is 0 Å². The third-order valence-electron chi connectivity index (χ3n) is 4.79. The van der Waals surface area contributed by atoms with Crippen LogP contribution in [0.4, 0.5) is 29.3 Å². The molecule has 0 aliphatic heterocycles. The quantitative estimate of drug-likeness (QED) is 0.596. The Morgan fingerprint density at radius 1 is 0.875 bits per heavy atom. The van der Waals surface area contributed by atoms with Crippen LogP contribution in [0, 0.1) is 13.8 Å². The van der Waals surface area contributed by atoms with Crippen LogP contribution in [0.2, 0.25) is 0 Å². The van der Waals surface area contributed by atoms with Gasteiger partial charge < -0.3 is 10.6 Å². The second-order valence-corrected chi connectivity index (χ2v) is 7.14. The number of amides is 4. The monoisotopic (exact) mass is 450 g/mol. The number of urea groups is 1. The second kappa shape index (κ2) is 10.8. The van der Waals surface area contributed by atoms with Crippen molar-refractivity contribution in [3.05, 3.63) is 59.2 Å². The largest absolute Gasteiger partial charge is 0.418 e. The van der Waals surface area contributed by atoms with E-state index in [0.717, 1.165) is 23.3 Å². The van der Waals surface area contributed by atoms with Gasteiger partial charge in [0.15, 0.2) is 0 Å². The fraction of sp³-hybridized carbons (Fsp3) is 0.318. The number of anilines is 2. The second-order valence-electron chi connectivity index (χ2n) is 7.14. The third-order valence-corrected chi connectivity index (χ3v) is 4.79. The maximum Gasteiger partial charge on any atom is 0.418 e. The minimum atomic E-state index is -4.61. The van der Waals surface area contributed by atoms with Crippen LogP contribution in [-0.2, 0) is 15.8 Å². The minimum Gasteiger partial charge on any atom is -0.324 e. The highest BCUT2D eigenvalue weighted by Crippen LogP contribution is 2.34. The first-order valence-corrected chi connectivity index (χ1v) is 9.86. The predicted molar refractivity (Wildman–Crippen MR) is 115 cm³/mol. The lowest BCUT2D eigenvalue weighted by Gasteiger charge is -2.20. The molecule has 0 unspecified atom stereocenters. The summed E-state index contributed by atoms with van der Waals surface area (Å²) in [5, 5.41) is 7.00. The number of carbonyl (C=O) groups is 3. The molecule has 0 saturated carbocycles. The Balaban J connectivity index is 1.91. The smallest absolute Gasteiger partial charge is 0.324 e. The average molecular weight is 450 g/mol. The molecule has 0 bridgehead atoms. The molecule has 32 heavy (non-hydrogen) atoms. The molecule has 172 valence electrons. The zero-order valence-electron chi connectivity index (χ0n) is 18.0. The Kier molecular flexibility index (Phi) is 8.36. The number of aryl methyl sites for hydroxylation is 1. The molecule has 0 atom stereocenters. The lowest BCUT2D eigenvalue weighted by Crippen LogP contribution is -2.44. The fourth-order valence-corrected chi connectivity index (χ4v) is 2.92. The van der Waals surface area contributed by atoms with E-state index < -0.39 is 29.6 Å². The zero-order chi connectivity index (χ0) is 23.9. The summed E-state index contributed by atoms with van der Waals surface area (Å²) < 4.78 is 39.2. The highest BCUT2D eigenvalue weighted by molar-refractivity contribution is 6.02. The van der Waals surface area contributed by atoms with Gasteiger partial charge in [-0.2, -0.15) is 13.2 Å². The number of nitrogens with one attached hydrogen (secondary N) is 3. The molecule has 4 amide bonds. The van der Waals surface area contributed by atoms with E-state index in [9.17, 15) is 27.6 Å². The van der Waals surface area contributed by atoms with E-state index in [4.69, 9.17) is 0 Å². The standard InChI is InChI=1S/C22H25F3N4O3/c1-4-29(12-19(30)26-18-10-6-5-9-16(18)22(23,24)25)13-20(31)28-21(32)27-17-11-7-8-14(2)15(17)3/h5-11H,4,12-13H2,1-3H3,(H,26,30)(H2,27,28,31,32). The molecule has 0 saturated heterocycles. The summed E-state index contributed by atoms with van der Waals surface area (Å²) in [6.07, 6.45) is -4.61. The summed E-state index contributed by atoms with van der Waals surface area (Å²) in [6, 6.07) is 9.28. The normalized spacial score (nSPS) is 11.2. The SMILES string of the molecule is CCN(CC(=O)NC(=O)Nc1cccc(C)c1C)CC(=O)Nc1ccccc1C(F)(F)F.